The van der Waals surface area contributed by atoms with E-state index in [0.29, 0.717) is 19.3 Å². The number of hydrogen-bond donors (Lipinski definition) is 6. The first-order valence-electron chi connectivity index (χ1n) is 16.8. The van der Waals surface area contributed by atoms with Crippen LogP contribution in [0.15, 0.2) is 65.1 Å². The van der Waals surface area contributed by atoms with Crippen molar-refractivity contribution >= 4 is 58.9 Å². The van der Waals surface area contributed by atoms with Gasteiger partial charge in [-0.2, -0.15) is 4.68 Å². The number of amides is 5. The summed E-state index contributed by atoms with van der Waals surface area (Å²) < 4.78 is 0.984. The molecule has 16 nitrogen and oxygen atoms in total. The Hall–Kier alpha value is -5.58. The third-order valence-corrected chi connectivity index (χ3v) is 9.23. The molecule has 5 amide bonds. The monoisotopic (exact) mass is 719 g/mol. The predicted octanol–water partition coefficient (Wildman–Crippen LogP) is 1.73. The smallest absolute Gasteiger partial charge is 0.347 e. The molecule has 2 heterocycles. The highest BCUT2D eigenvalue weighted by molar-refractivity contribution is 7.10. The molecule has 1 aliphatic rings. The quantitative estimate of drug-likeness (QED) is 0.0545. The summed E-state index contributed by atoms with van der Waals surface area (Å²) in [5.74, 6) is -2.46. The second kappa shape index (κ2) is 19.0. The van der Waals surface area contributed by atoms with E-state index in [1.54, 1.807) is 13.0 Å². The van der Waals surface area contributed by atoms with Gasteiger partial charge in [-0.25, -0.2) is 4.79 Å². The van der Waals surface area contributed by atoms with Crippen LogP contribution in [0.1, 0.15) is 62.3 Å². The van der Waals surface area contributed by atoms with E-state index in [1.165, 1.54) is 28.5 Å². The molecule has 0 bridgehead atoms. The van der Waals surface area contributed by atoms with Crippen molar-refractivity contribution in [3.8, 4) is 0 Å². The zero-order valence-corrected chi connectivity index (χ0v) is 29.3. The first kappa shape index (κ1) is 38.2. The van der Waals surface area contributed by atoms with Crippen LogP contribution in [0, 0.1) is 0 Å². The van der Waals surface area contributed by atoms with Gasteiger partial charge in [0.25, 0.3) is 0 Å². The van der Waals surface area contributed by atoms with Gasteiger partial charge in [-0.1, -0.05) is 60.9 Å². The van der Waals surface area contributed by atoms with Gasteiger partial charge in [0.1, 0.15) is 18.1 Å². The summed E-state index contributed by atoms with van der Waals surface area (Å²) in [5, 5.41) is 17.8. The zero-order valence-electron chi connectivity index (χ0n) is 28.4. The minimum Gasteiger partial charge on any atom is -0.370 e. The fraction of sp³-hybridized carbons (Fsp3) is 0.412. The van der Waals surface area contributed by atoms with Crippen LogP contribution in [0.4, 0.5) is 10.6 Å². The van der Waals surface area contributed by atoms with Crippen LogP contribution in [0.5, 0.6) is 0 Å². The molecule has 4 rings (SSSR count). The van der Waals surface area contributed by atoms with E-state index in [9.17, 15) is 24.0 Å². The van der Waals surface area contributed by atoms with Crippen LogP contribution in [-0.2, 0) is 25.6 Å². The van der Waals surface area contributed by atoms with Gasteiger partial charge in [0.2, 0.25) is 23.6 Å². The van der Waals surface area contributed by atoms with Gasteiger partial charge in [-0.3, -0.25) is 24.2 Å². The average molecular weight is 720 g/mol. The number of thiophene rings is 1. The highest BCUT2D eigenvalue weighted by Gasteiger charge is 2.36. The fourth-order valence-corrected chi connectivity index (χ4v) is 6.40. The molecule has 0 saturated heterocycles. The molecule has 2 aromatic heterocycles. The van der Waals surface area contributed by atoms with Crippen molar-refractivity contribution in [3.63, 3.8) is 0 Å². The summed E-state index contributed by atoms with van der Waals surface area (Å²) >= 11 is 1.48. The van der Waals surface area contributed by atoms with E-state index in [1.807, 2.05) is 47.8 Å². The second-order valence-corrected chi connectivity index (χ2v) is 13.2. The summed E-state index contributed by atoms with van der Waals surface area (Å²) in [6.07, 6.45) is 8.96. The molecule has 1 aromatic carbocycles. The van der Waals surface area contributed by atoms with Crippen molar-refractivity contribution < 1.29 is 24.0 Å². The summed E-state index contributed by atoms with van der Waals surface area (Å²) in [6, 6.07) is 8.72. The van der Waals surface area contributed by atoms with Crippen LogP contribution in [0.3, 0.4) is 0 Å². The topological polar surface area (TPSA) is 246 Å². The van der Waals surface area contributed by atoms with Crippen molar-refractivity contribution in [2.75, 3.05) is 11.9 Å². The number of carbonyl (C=O) groups excluding carboxylic acids is 5. The summed E-state index contributed by atoms with van der Waals surface area (Å²) in [6.45, 7) is 1.77. The van der Waals surface area contributed by atoms with Crippen LogP contribution < -0.4 is 33.2 Å². The van der Waals surface area contributed by atoms with E-state index >= 15 is 0 Å². The van der Waals surface area contributed by atoms with Crippen LogP contribution in [-0.4, -0.2) is 86.2 Å². The number of anilines is 1. The second-order valence-electron chi connectivity index (χ2n) is 12.2. The van der Waals surface area contributed by atoms with Gasteiger partial charge in [-0.05, 0) is 55.7 Å². The van der Waals surface area contributed by atoms with Gasteiger partial charge >= 0.3 is 6.03 Å². The summed E-state index contributed by atoms with van der Waals surface area (Å²) in [5.41, 5.74) is 17.3. The highest BCUT2D eigenvalue weighted by Crippen LogP contribution is 2.25. The van der Waals surface area contributed by atoms with Crippen molar-refractivity contribution in [3.05, 3.63) is 70.6 Å². The maximum atomic E-state index is 14.0. The minimum absolute atomic E-state index is 0.0573. The number of carbonyl (C=O) groups is 5. The maximum absolute atomic E-state index is 14.0. The number of nitrogens with one attached hydrogen (secondary N) is 3. The Balaban J connectivity index is 1.50. The van der Waals surface area contributed by atoms with Crippen LogP contribution >= 0.6 is 11.3 Å². The van der Waals surface area contributed by atoms with Crippen molar-refractivity contribution in [2.24, 2.45) is 22.2 Å². The molecule has 9 N–H and O–H groups in total. The molecule has 0 aliphatic heterocycles. The molecule has 0 spiro atoms. The summed E-state index contributed by atoms with van der Waals surface area (Å²) in [7, 11) is 0. The molecule has 1 aliphatic carbocycles. The highest BCUT2D eigenvalue weighted by atomic mass is 32.1. The van der Waals surface area contributed by atoms with Crippen molar-refractivity contribution in [1.82, 2.24) is 30.5 Å². The molecule has 3 aromatic rings. The fourth-order valence-electron chi connectivity index (χ4n) is 5.78. The van der Waals surface area contributed by atoms with E-state index in [2.05, 4.69) is 31.3 Å². The standard InChI is InChI=1S/C34H45N11O5S/c1-22(31(48)39-26(15-8-18-38-33(36)37)32(49)40-27(30(35)47)20-23-10-4-2-5-11-23)45(24-12-6-3-7-13-24)34(50)44-21-28(42-43-44)41-29(46)17-16-25-14-9-19-51-25/h2,4-5,9-11,14,16-17,19,21-22,24,26-27H,3,6-8,12-13,15,18,20H2,1H3,(H2,35,47)(H,39,48)(H,40,49)(H,41,46)(H4,36,37,38)/t22-,26-,27-/m0/s1. The average Bonchev–Trinajstić information content (AvgIpc) is 3.82. The van der Waals surface area contributed by atoms with Gasteiger partial charge in [0, 0.05) is 30.0 Å². The molecule has 51 heavy (non-hydrogen) atoms. The lowest BCUT2D eigenvalue weighted by atomic mass is 9.93. The first-order valence-corrected chi connectivity index (χ1v) is 17.7. The van der Waals surface area contributed by atoms with Gasteiger partial charge in [-0.15, -0.1) is 16.4 Å². The predicted molar refractivity (Wildman–Crippen MR) is 194 cm³/mol. The number of nitrogens with zero attached hydrogens (tertiary/aromatic N) is 5. The molecule has 272 valence electrons. The molecule has 17 heteroatoms. The number of guanidine groups is 1. The number of aliphatic imine (C=N–C) groups is 1. The third-order valence-electron chi connectivity index (χ3n) is 8.39. The minimum atomic E-state index is -1.11. The number of nitrogens with two attached hydrogens (primary N) is 3. The Labute approximate surface area is 299 Å². The lowest BCUT2D eigenvalue weighted by Crippen LogP contribution is -2.58. The molecular formula is C34H45N11O5S. The van der Waals surface area contributed by atoms with Gasteiger partial charge < -0.3 is 38.1 Å². The van der Waals surface area contributed by atoms with Crippen LogP contribution in [0.2, 0.25) is 0 Å². The SMILES string of the molecule is C[C@@H](C(=O)N[C@@H](CCCN=C(N)N)C(=O)N[C@@H](Cc1ccccc1)C(N)=O)N(C(=O)n1cc(NC(=O)C=Cc2cccs2)nn1)C1CCCCC1. The molecule has 0 unspecified atom stereocenters. The number of hydrogen-bond acceptors (Lipinski definition) is 9. The Morgan fingerprint density at radius 1 is 1.00 bits per heavy atom. The van der Waals surface area contributed by atoms with E-state index in [-0.39, 0.29) is 37.2 Å². The first-order chi connectivity index (χ1) is 24.5. The molecular weight excluding hydrogens is 675 g/mol. The number of primary amides is 1. The van der Waals surface area contributed by atoms with E-state index in [4.69, 9.17) is 17.2 Å². The molecule has 0 radical (unpaired) electrons. The lowest BCUT2D eigenvalue weighted by molar-refractivity contribution is -0.133. The lowest BCUT2D eigenvalue weighted by Gasteiger charge is -2.37. The van der Waals surface area contributed by atoms with Gasteiger partial charge in [0.05, 0.1) is 6.20 Å². The number of rotatable bonds is 16. The Morgan fingerprint density at radius 2 is 1.73 bits per heavy atom. The number of aromatic nitrogens is 3. The normalized spacial score (nSPS) is 14.9. The van der Waals surface area contributed by atoms with Crippen LogP contribution in [0.25, 0.3) is 6.08 Å². The Bertz CT molecular complexity index is 1680. The van der Waals surface area contributed by atoms with Gasteiger partial charge in [0.15, 0.2) is 11.8 Å². The van der Waals surface area contributed by atoms with E-state index in [0.717, 1.165) is 34.4 Å². The Morgan fingerprint density at radius 3 is 2.39 bits per heavy atom. The molecule has 3 atom stereocenters. The van der Waals surface area contributed by atoms with Crippen molar-refractivity contribution in [2.45, 2.75) is 82.5 Å². The summed E-state index contributed by atoms with van der Waals surface area (Å²) in [4.78, 5) is 72.6. The van der Waals surface area contributed by atoms with E-state index < -0.39 is 47.8 Å². The third kappa shape index (κ3) is 11.8. The zero-order chi connectivity index (χ0) is 36.8. The molecule has 1 fully saturated rings. The molecule has 1 saturated carbocycles. The maximum Gasteiger partial charge on any atom is 0.347 e. The number of benzene rings is 1. The Kier molecular flexibility index (Phi) is 14.2. The largest absolute Gasteiger partial charge is 0.370 e. The van der Waals surface area contributed by atoms with Crippen molar-refractivity contribution in [1.29, 1.82) is 0 Å².